The van der Waals surface area contributed by atoms with Crippen LogP contribution in [-0.4, -0.2) is 30.4 Å². The molecule has 0 fully saturated rings. The standard InChI is InChI=1S/C15H26N2OS/c1-12(8-9-16)6-7-15(18)17(3)13(2)11-14-5-4-10-19-14/h4-5,10,12-13H,6-9,11,16H2,1-3H3. The number of nitrogens with two attached hydrogens (primary N) is 1. The average molecular weight is 282 g/mol. The number of likely N-dealkylation sites (N-methyl/N-ethyl adjacent to an activating group) is 1. The number of amides is 1. The first-order valence-corrected chi connectivity index (χ1v) is 7.90. The molecule has 1 aromatic rings. The van der Waals surface area contributed by atoms with E-state index in [2.05, 4.69) is 31.4 Å². The molecule has 2 unspecified atom stereocenters. The highest BCUT2D eigenvalue weighted by Crippen LogP contribution is 2.15. The second-order valence-corrected chi connectivity index (χ2v) is 6.39. The zero-order valence-corrected chi connectivity index (χ0v) is 13.1. The SMILES string of the molecule is CC(CCN)CCC(=O)N(C)C(C)Cc1cccs1. The number of hydrogen-bond donors (Lipinski definition) is 1. The van der Waals surface area contributed by atoms with E-state index in [-0.39, 0.29) is 11.9 Å². The molecule has 1 aromatic heterocycles. The van der Waals surface area contributed by atoms with Gasteiger partial charge in [0, 0.05) is 30.8 Å². The van der Waals surface area contributed by atoms with Gasteiger partial charge in [-0.15, -0.1) is 11.3 Å². The van der Waals surface area contributed by atoms with E-state index in [0.29, 0.717) is 18.9 Å². The Morgan fingerprint density at radius 1 is 1.42 bits per heavy atom. The fourth-order valence-corrected chi connectivity index (χ4v) is 2.90. The van der Waals surface area contributed by atoms with Crippen molar-refractivity contribution in [3.63, 3.8) is 0 Å². The van der Waals surface area contributed by atoms with Gasteiger partial charge in [0.2, 0.25) is 5.91 Å². The summed E-state index contributed by atoms with van der Waals surface area (Å²) in [5, 5.41) is 2.08. The van der Waals surface area contributed by atoms with E-state index in [9.17, 15) is 4.79 Å². The van der Waals surface area contributed by atoms with Crippen molar-refractivity contribution < 1.29 is 4.79 Å². The van der Waals surface area contributed by atoms with Crippen molar-refractivity contribution >= 4 is 17.2 Å². The van der Waals surface area contributed by atoms with E-state index in [1.165, 1.54) is 4.88 Å². The molecule has 2 atom stereocenters. The van der Waals surface area contributed by atoms with Crippen LogP contribution in [0.4, 0.5) is 0 Å². The maximum absolute atomic E-state index is 12.1. The van der Waals surface area contributed by atoms with Crippen LogP contribution in [0.2, 0.25) is 0 Å². The fraction of sp³-hybridized carbons (Fsp3) is 0.667. The number of thiophene rings is 1. The van der Waals surface area contributed by atoms with Crippen LogP contribution in [0.3, 0.4) is 0 Å². The Morgan fingerprint density at radius 2 is 2.16 bits per heavy atom. The summed E-state index contributed by atoms with van der Waals surface area (Å²) in [4.78, 5) is 15.3. The summed E-state index contributed by atoms with van der Waals surface area (Å²) in [6, 6.07) is 4.45. The van der Waals surface area contributed by atoms with Gasteiger partial charge in [0.05, 0.1) is 0 Å². The third kappa shape index (κ3) is 5.74. The van der Waals surface area contributed by atoms with Crippen LogP contribution >= 0.6 is 11.3 Å². The van der Waals surface area contributed by atoms with Gasteiger partial charge in [0.15, 0.2) is 0 Å². The molecule has 1 heterocycles. The maximum atomic E-state index is 12.1. The van der Waals surface area contributed by atoms with Gasteiger partial charge in [-0.3, -0.25) is 4.79 Å². The first kappa shape index (κ1) is 16.2. The quantitative estimate of drug-likeness (QED) is 0.797. The van der Waals surface area contributed by atoms with Crippen molar-refractivity contribution in [2.24, 2.45) is 11.7 Å². The first-order valence-electron chi connectivity index (χ1n) is 7.02. The highest BCUT2D eigenvalue weighted by molar-refractivity contribution is 7.09. The summed E-state index contributed by atoms with van der Waals surface area (Å²) in [6.07, 6.45) is 3.51. The molecule has 1 amide bonds. The minimum Gasteiger partial charge on any atom is -0.343 e. The topological polar surface area (TPSA) is 46.3 Å². The molecule has 0 aliphatic rings. The zero-order chi connectivity index (χ0) is 14.3. The molecule has 0 spiro atoms. The van der Waals surface area contributed by atoms with E-state index in [1.54, 1.807) is 11.3 Å². The molecule has 0 saturated heterocycles. The Bertz CT molecular complexity index is 364. The molecular formula is C15H26N2OS. The normalized spacial score (nSPS) is 14.1. The molecular weight excluding hydrogens is 256 g/mol. The van der Waals surface area contributed by atoms with Crippen LogP contribution in [0.15, 0.2) is 17.5 Å². The molecule has 4 heteroatoms. The van der Waals surface area contributed by atoms with E-state index in [1.807, 2.05) is 11.9 Å². The van der Waals surface area contributed by atoms with E-state index >= 15 is 0 Å². The molecule has 19 heavy (non-hydrogen) atoms. The Balaban J connectivity index is 2.34. The second-order valence-electron chi connectivity index (χ2n) is 5.36. The zero-order valence-electron chi connectivity index (χ0n) is 12.3. The average Bonchev–Trinajstić information content (AvgIpc) is 2.88. The first-order chi connectivity index (χ1) is 9.04. The predicted octanol–water partition coefficient (Wildman–Crippen LogP) is 2.90. The number of carbonyl (C=O) groups is 1. The van der Waals surface area contributed by atoms with E-state index < -0.39 is 0 Å². The number of rotatable bonds is 8. The van der Waals surface area contributed by atoms with Crippen LogP contribution in [0.5, 0.6) is 0 Å². The molecule has 1 rings (SSSR count). The molecule has 0 aliphatic heterocycles. The number of hydrogen-bond acceptors (Lipinski definition) is 3. The van der Waals surface area contributed by atoms with E-state index in [0.717, 1.165) is 19.3 Å². The highest BCUT2D eigenvalue weighted by Gasteiger charge is 2.17. The van der Waals surface area contributed by atoms with Crippen molar-refractivity contribution in [2.45, 2.75) is 45.6 Å². The van der Waals surface area contributed by atoms with E-state index in [4.69, 9.17) is 5.73 Å². The van der Waals surface area contributed by atoms with Crippen LogP contribution in [0.1, 0.15) is 38.0 Å². The summed E-state index contributed by atoms with van der Waals surface area (Å²) in [7, 11) is 1.91. The third-order valence-corrected chi connectivity index (χ3v) is 4.54. The lowest BCUT2D eigenvalue weighted by molar-refractivity contribution is -0.131. The van der Waals surface area contributed by atoms with Gasteiger partial charge in [-0.25, -0.2) is 0 Å². The van der Waals surface area contributed by atoms with Crippen LogP contribution in [0, 0.1) is 5.92 Å². The van der Waals surface area contributed by atoms with Crippen LogP contribution < -0.4 is 5.73 Å². The molecule has 0 bridgehead atoms. The van der Waals surface area contributed by atoms with Crippen molar-refractivity contribution in [1.29, 1.82) is 0 Å². The lowest BCUT2D eigenvalue weighted by Crippen LogP contribution is -2.36. The minimum absolute atomic E-state index is 0.243. The number of nitrogens with zero attached hydrogens (tertiary/aromatic N) is 1. The Hall–Kier alpha value is -0.870. The van der Waals surface area contributed by atoms with Crippen molar-refractivity contribution in [1.82, 2.24) is 4.90 Å². The monoisotopic (exact) mass is 282 g/mol. The van der Waals surface area contributed by atoms with Crippen LogP contribution in [-0.2, 0) is 11.2 Å². The fourth-order valence-electron chi connectivity index (χ4n) is 2.08. The summed E-state index contributed by atoms with van der Waals surface area (Å²) in [6.45, 7) is 4.98. The summed E-state index contributed by atoms with van der Waals surface area (Å²) < 4.78 is 0. The van der Waals surface area contributed by atoms with Gasteiger partial charge >= 0.3 is 0 Å². The lowest BCUT2D eigenvalue weighted by atomic mass is 10.0. The summed E-state index contributed by atoms with van der Waals surface area (Å²) >= 11 is 1.75. The minimum atomic E-state index is 0.243. The third-order valence-electron chi connectivity index (χ3n) is 3.64. The van der Waals surface area contributed by atoms with Gasteiger partial charge in [0.25, 0.3) is 0 Å². The molecule has 0 radical (unpaired) electrons. The summed E-state index contributed by atoms with van der Waals surface area (Å²) in [5.74, 6) is 0.780. The molecule has 0 aliphatic carbocycles. The molecule has 2 N–H and O–H groups in total. The van der Waals surface area contributed by atoms with Gasteiger partial charge < -0.3 is 10.6 Å². The van der Waals surface area contributed by atoms with Gasteiger partial charge in [0.1, 0.15) is 0 Å². The molecule has 108 valence electrons. The Morgan fingerprint density at radius 3 is 2.74 bits per heavy atom. The molecule has 3 nitrogen and oxygen atoms in total. The second kappa shape index (κ2) is 8.33. The van der Waals surface area contributed by atoms with Gasteiger partial charge in [-0.2, -0.15) is 0 Å². The lowest BCUT2D eigenvalue weighted by Gasteiger charge is -2.25. The van der Waals surface area contributed by atoms with Crippen molar-refractivity contribution in [3.8, 4) is 0 Å². The predicted molar refractivity (Wildman–Crippen MR) is 82.3 cm³/mol. The Kier molecular flexibility index (Phi) is 7.10. The maximum Gasteiger partial charge on any atom is 0.222 e. The number of carbonyl (C=O) groups excluding carboxylic acids is 1. The van der Waals surface area contributed by atoms with Gasteiger partial charge in [-0.1, -0.05) is 13.0 Å². The largest absolute Gasteiger partial charge is 0.343 e. The molecule has 0 aromatic carbocycles. The smallest absolute Gasteiger partial charge is 0.222 e. The van der Waals surface area contributed by atoms with Crippen molar-refractivity contribution in [3.05, 3.63) is 22.4 Å². The van der Waals surface area contributed by atoms with Crippen LogP contribution in [0.25, 0.3) is 0 Å². The van der Waals surface area contributed by atoms with Gasteiger partial charge in [-0.05, 0) is 43.7 Å². The Labute approximate surface area is 120 Å². The molecule has 0 saturated carbocycles. The summed E-state index contributed by atoms with van der Waals surface area (Å²) in [5.41, 5.74) is 5.53. The highest BCUT2D eigenvalue weighted by atomic mass is 32.1. The van der Waals surface area contributed by atoms with Crippen molar-refractivity contribution in [2.75, 3.05) is 13.6 Å².